The van der Waals surface area contributed by atoms with Crippen LogP contribution in [0.4, 0.5) is 0 Å². The van der Waals surface area contributed by atoms with E-state index < -0.39 is 105 Å². The van der Waals surface area contributed by atoms with Crippen molar-refractivity contribution in [3.63, 3.8) is 0 Å². The topological polar surface area (TPSA) is 207 Å². The average molecular weight is 675 g/mol. The van der Waals surface area contributed by atoms with Crippen molar-refractivity contribution in [3.8, 4) is 0 Å². The quantitative estimate of drug-likeness (QED) is 0.291. The van der Waals surface area contributed by atoms with Crippen molar-refractivity contribution in [2.45, 2.75) is 113 Å². The highest BCUT2D eigenvalue weighted by Gasteiger charge is 3.02. The molecule has 3 N–H and O–H groups in total. The third-order valence-corrected chi connectivity index (χ3v) is 13.1. The second-order valence-corrected chi connectivity index (χ2v) is 15.1. The summed E-state index contributed by atoms with van der Waals surface area (Å²) in [5, 5.41) is 38.3. The Bertz CT molecular complexity index is 1710. The summed E-state index contributed by atoms with van der Waals surface area (Å²) >= 11 is 0. The molecule has 0 aromatic carbocycles. The van der Waals surface area contributed by atoms with Crippen molar-refractivity contribution < 1.29 is 72.1 Å². The Labute approximate surface area is 274 Å². The van der Waals surface area contributed by atoms with Gasteiger partial charge in [0, 0.05) is 55.6 Å². The molecule has 3 aliphatic heterocycles. The molecule has 14 atom stereocenters. The fraction of sp³-hybridized carbons (Fsp3) is 0.697. The van der Waals surface area contributed by atoms with Crippen LogP contribution in [0.2, 0.25) is 0 Å². The number of methoxy groups -OCH3 is 1. The maximum atomic E-state index is 13.6. The number of aliphatic hydroxyl groups excluding tert-OH is 1. The minimum absolute atomic E-state index is 0.159. The molecular formula is C33H38O15. The lowest BCUT2D eigenvalue weighted by molar-refractivity contribution is -0.449. The van der Waals surface area contributed by atoms with E-state index in [9.17, 15) is 34.5 Å². The van der Waals surface area contributed by atoms with Crippen LogP contribution in [-0.2, 0) is 52.3 Å². The molecule has 15 nitrogen and oxygen atoms in total. The summed E-state index contributed by atoms with van der Waals surface area (Å²) in [5.41, 5.74) is -12.9. The van der Waals surface area contributed by atoms with Crippen molar-refractivity contribution in [2.75, 3.05) is 7.11 Å². The lowest BCUT2D eigenvalue weighted by Gasteiger charge is -2.76. The van der Waals surface area contributed by atoms with E-state index in [1.54, 1.807) is 26.8 Å². The van der Waals surface area contributed by atoms with Gasteiger partial charge < -0.3 is 52.9 Å². The largest absolute Gasteiger partial charge is 0.472 e. The number of carbonyl (C=O) groups excluding carboxylic acids is 4. The molecule has 7 aliphatic rings. The highest BCUT2D eigenvalue weighted by atomic mass is 16.9. The molecule has 0 radical (unpaired) electrons. The van der Waals surface area contributed by atoms with Crippen LogP contribution in [0, 0.1) is 22.2 Å². The number of ether oxygens (including phenoxy) is 7. The SMILES string of the molecule is COC(=O)C(OC(C)=O)C1C2(C)CC3(O)C(O)(C2O)C2OC4(C)OC25C2=CC(=O)OC(c6ccoc6)C2(C)C(OC(C)=O)CC5(O4)C13C. The number of aliphatic hydroxyl groups is 3. The molecule has 4 saturated carbocycles. The van der Waals surface area contributed by atoms with Crippen LogP contribution in [0.5, 0.6) is 0 Å². The molecule has 4 bridgehead atoms. The normalized spacial score (nSPS) is 52.5. The molecule has 0 amide bonds. The monoisotopic (exact) mass is 674 g/mol. The van der Waals surface area contributed by atoms with Crippen molar-refractivity contribution in [3.05, 3.63) is 35.8 Å². The van der Waals surface area contributed by atoms with E-state index in [4.69, 9.17) is 37.6 Å². The van der Waals surface area contributed by atoms with Crippen molar-refractivity contribution in [2.24, 2.45) is 22.2 Å². The van der Waals surface area contributed by atoms with Gasteiger partial charge in [-0.05, 0) is 25.0 Å². The minimum Gasteiger partial charge on any atom is -0.472 e. The van der Waals surface area contributed by atoms with E-state index in [1.807, 2.05) is 0 Å². The molecule has 1 spiro atoms. The summed E-state index contributed by atoms with van der Waals surface area (Å²) in [6, 6.07) is 1.60. The van der Waals surface area contributed by atoms with Gasteiger partial charge >= 0.3 is 23.9 Å². The standard InChI is InChI=1S/C33H38O15/c1-14(34)43-18-11-31-28(5)21(20(23(37)41-7)44-15(2)35)26(3)13-30(28,39)32(40,24(26)38)25-33(31,48-29(6,46-25)47-31)17-10-19(36)45-22(27(17,18)4)16-8-9-42-12-16/h8-10,12,18,20-22,24-25,38-40H,11,13H2,1-7H3. The van der Waals surface area contributed by atoms with E-state index in [0.29, 0.717) is 5.56 Å². The second kappa shape index (κ2) is 8.87. The zero-order valence-electron chi connectivity index (χ0n) is 27.4. The molecular weight excluding hydrogens is 636 g/mol. The molecule has 4 aliphatic carbocycles. The molecule has 14 unspecified atom stereocenters. The van der Waals surface area contributed by atoms with E-state index in [0.717, 1.165) is 14.0 Å². The van der Waals surface area contributed by atoms with Crippen LogP contribution < -0.4 is 0 Å². The van der Waals surface area contributed by atoms with Gasteiger partial charge in [0.05, 0.1) is 31.2 Å². The molecule has 8 rings (SSSR count). The van der Waals surface area contributed by atoms with Gasteiger partial charge in [-0.3, -0.25) is 9.59 Å². The third-order valence-electron chi connectivity index (χ3n) is 13.1. The maximum absolute atomic E-state index is 13.6. The second-order valence-electron chi connectivity index (χ2n) is 15.1. The third kappa shape index (κ3) is 2.98. The summed E-state index contributed by atoms with van der Waals surface area (Å²) in [5.74, 6) is -6.52. The number of hydrogen-bond acceptors (Lipinski definition) is 15. The van der Waals surface area contributed by atoms with E-state index in [2.05, 4.69) is 0 Å². The first-order valence-electron chi connectivity index (χ1n) is 15.9. The number of rotatable bonds is 5. The van der Waals surface area contributed by atoms with Crippen LogP contribution in [0.15, 0.2) is 34.7 Å². The summed E-state index contributed by atoms with van der Waals surface area (Å²) in [6.07, 6.45) is -3.89. The zero-order valence-corrected chi connectivity index (χ0v) is 27.4. The Hall–Kier alpha value is -3.34. The Morgan fingerprint density at radius 1 is 1.06 bits per heavy atom. The first-order valence-corrected chi connectivity index (χ1v) is 15.9. The number of cyclic esters (lactones) is 1. The molecule has 1 aromatic heterocycles. The average Bonchev–Trinajstić information content (AvgIpc) is 3.76. The van der Waals surface area contributed by atoms with Crippen LogP contribution in [0.3, 0.4) is 0 Å². The smallest absolute Gasteiger partial charge is 0.347 e. The van der Waals surface area contributed by atoms with Gasteiger partial charge in [0.1, 0.15) is 35.1 Å². The molecule has 15 heteroatoms. The van der Waals surface area contributed by atoms with Crippen LogP contribution in [-0.4, -0.2) is 99.1 Å². The first kappa shape index (κ1) is 31.9. The highest BCUT2D eigenvalue weighted by Crippen LogP contribution is 2.87. The Morgan fingerprint density at radius 2 is 1.77 bits per heavy atom. The fourth-order valence-corrected chi connectivity index (χ4v) is 11.8. The van der Waals surface area contributed by atoms with E-state index >= 15 is 0 Å². The minimum atomic E-state index is -2.50. The lowest BCUT2D eigenvalue weighted by Crippen LogP contribution is -2.93. The zero-order chi connectivity index (χ0) is 34.8. The van der Waals surface area contributed by atoms with Gasteiger partial charge in [-0.2, -0.15) is 0 Å². The van der Waals surface area contributed by atoms with Gasteiger partial charge in [-0.15, -0.1) is 0 Å². The van der Waals surface area contributed by atoms with E-state index in [-0.39, 0.29) is 18.4 Å². The van der Waals surface area contributed by atoms with Crippen LogP contribution >= 0.6 is 0 Å². The molecule has 4 heterocycles. The maximum Gasteiger partial charge on any atom is 0.347 e. The van der Waals surface area contributed by atoms with Crippen LogP contribution in [0.1, 0.15) is 66.1 Å². The number of carbonyl (C=O) groups is 4. The van der Waals surface area contributed by atoms with Gasteiger partial charge in [-0.25, -0.2) is 9.59 Å². The number of esters is 4. The lowest BCUT2D eigenvalue weighted by atomic mass is 9.34. The molecule has 260 valence electrons. The Balaban J connectivity index is 1.48. The predicted molar refractivity (Wildman–Crippen MR) is 153 cm³/mol. The van der Waals surface area contributed by atoms with Gasteiger partial charge in [0.2, 0.25) is 6.10 Å². The van der Waals surface area contributed by atoms with Crippen molar-refractivity contribution in [1.29, 1.82) is 0 Å². The Kier molecular flexibility index (Phi) is 5.89. The van der Waals surface area contributed by atoms with Gasteiger partial charge in [-0.1, -0.05) is 13.8 Å². The summed E-state index contributed by atoms with van der Waals surface area (Å²) in [4.78, 5) is 52.5. The fourth-order valence-electron chi connectivity index (χ4n) is 11.8. The van der Waals surface area contributed by atoms with E-state index in [1.165, 1.54) is 32.4 Å². The molecule has 6 fully saturated rings. The molecule has 1 aromatic rings. The molecule has 48 heavy (non-hydrogen) atoms. The number of hydrogen-bond donors (Lipinski definition) is 3. The number of fused-ring (bicyclic) bond motifs is 4. The van der Waals surface area contributed by atoms with Crippen LogP contribution in [0.25, 0.3) is 0 Å². The predicted octanol–water partition coefficient (Wildman–Crippen LogP) is 0.730. The van der Waals surface area contributed by atoms with Crippen molar-refractivity contribution >= 4 is 23.9 Å². The van der Waals surface area contributed by atoms with Gasteiger partial charge in [0.25, 0.3) is 5.97 Å². The first-order chi connectivity index (χ1) is 22.3. The highest BCUT2D eigenvalue weighted by molar-refractivity contribution is 5.86. The van der Waals surface area contributed by atoms with Crippen molar-refractivity contribution in [1.82, 2.24) is 0 Å². The summed E-state index contributed by atoms with van der Waals surface area (Å²) in [7, 11) is 1.11. The Morgan fingerprint density at radius 3 is 2.38 bits per heavy atom. The molecule has 2 saturated heterocycles. The number of furan rings is 1. The summed E-state index contributed by atoms with van der Waals surface area (Å²) < 4.78 is 48.1. The van der Waals surface area contributed by atoms with Gasteiger partial charge in [0.15, 0.2) is 5.60 Å². The summed E-state index contributed by atoms with van der Waals surface area (Å²) in [6.45, 7) is 8.66.